The van der Waals surface area contributed by atoms with Gasteiger partial charge in [0, 0.05) is 17.3 Å². The fourth-order valence-electron chi connectivity index (χ4n) is 2.11. The molecule has 0 fully saturated rings. The molecule has 5 nitrogen and oxygen atoms in total. The lowest BCUT2D eigenvalue weighted by molar-refractivity contribution is -0.152. The van der Waals surface area contributed by atoms with E-state index >= 15 is 0 Å². The minimum atomic E-state index is -1.10. The van der Waals surface area contributed by atoms with Crippen molar-refractivity contribution in [2.24, 2.45) is 0 Å². The van der Waals surface area contributed by atoms with Crippen molar-refractivity contribution in [3.05, 3.63) is 59.7 Å². The average Bonchev–Trinajstić information content (AvgIpc) is 2.58. The van der Waals surface area contributed by atoms with Gasteiger partial charge in [0.25, 0.3) is 5.91 Å². The van der Waals surface area contributed by atoms with Crippen molar-refractivity contribution < 1.29 is 27.8 Å². The first kappa shape index (κ1) is 18.4. The Labute approximate surface area is 143 Å². The molecule has 0 radical (unpaired) electrons. The topological polar surface area (TPSA) is 64.6 Å². The van der Waals surface area contributed by atoms with Gasteiger partial charge in [-0.15, -0.1) is 0 Å². The van der Waals surface area contributed by atoms with Gasteiger partial charge in [-0.3, -0.25) is 9.59 Å². The molecule has 1 atom stereocenters. The second kappa shape index (κ2) is 8.23. The van der Waals surface area contributed by atoms with Gasteiger partial charge in [0.2, 0.25) is 0 Å². The van der Waals surface area contributed by atoms with E-state index in [1.165, 1.54) is 20.1 Å². The first-order valence-corrected chi connectivity index (χ1v) is 7.48. The molecule has 2 aromatic rings. The molecule has 7 heteroatoms. The molecule has 0 spiro atoms. The van der Waals surface area contributed by atoms with Gasteiger partial charge in [0.15, 0.2) is 17.7 Å². The molecule has 2 aromatic carbocycles. The Kier molecular flexibility index (Phi) is 6.05. The summed E-state index contributed by atoms with van der Waals surface area (Å²) < 4.78 is 36.2. The summed E-state index contributed by atoms with van der Waals surface area (Å²) in [5.74, 6) is -2.83. The van der Waals surface area contributed by atoms with Crippen LogP contribution in [0.2, 0.25) is 0 Å². The van der Waals surface area contributed by atoms with E-state index < -0.39 is 29.6 Å². The standard InChI is InChI=1S/C18H17F2NO4/c1-11(18(23)21-13-7-8-14(19)15(20)10-13)25-17(22)9-12-5-3-4-6-16(12)24-2/h3-8,10-11H,9H2,1-2H3,(H,21,23)/t11-/m0/s1. The van der Waals surface area contributed by atoms with Crippen molar-refractivity contribution in [1.29, 1.82) is 0 Å². The van der Waals surface area contributed by atoms with Crippen LogP contribution in [0.15, 0.2) is 42.5 Å². The Hall–Kier alpha value is -2.96. The van der Waals surface area contributed by atoms with Crippen LogP contribution in [0, 0.1) is 11.6 Å². The summed E-state index contributed by atoms with van der Waals surface area (Å²) in [6.45, 7) is 1.38. The Bertz CT molecular complexity index is 779. The maximum absolute atomic E-state index is 13.1. The lowest BCUT2D eigenvalue weighted by atomic mass is 10.1. The first-order valence-electron chi connectivity index (χ1n) is 7.48. The molecular formula is C18H17F2NO4. The fourth-order valence-corrected chi connectivity index (χ4v) is 2.11. The minimum Gasteiger partial charge on any atom is -0.496 e. The number of carbonyl (C=O) groups excluding carboxylic acids is 2. The third-order valence-corrected chi connectivity index (χ3v) is 3.39. The number of methoxy groups -OCH3 is 1. The summed E-state index contributed by atoms with van der Waals surface area (Å²) in [6, 6.07) is 9.89. The number of anilines is 1. The van der Waals surface area contributed by atoms with Crippen LogP contribution in [0.3, 0.4) is 0 Å². The van der Waals surface area contributed by atoms with E-state index in [0.29, 0.717) is 11.3 Å². The van der Waals surface area contributed by atoms with Crippen LogP contribution in [0.5, 0.6) is 5.75 Å². The van der Waals surface area contributed by atoms with E-state index in [4.69, 9.17) is 9.47 Å². The SMILES string of the molecule is COc1ccccc1CC(=O)O[C@@H](C)C(=O)Nc1ccc(F)c(F)c1. The molecular weight excluding hydrogens is 332 g/mol. The summed E-state index contributed by atoms with van der Waals surface area (Å²) in [5.41, 5.74) is 0.694. The third kappa shape index (κ3) is 5.00. The predicted octanol–water partition coefficient (Wildman–Crippen LogP) is 3.09. The normalized spacial score (nSPS) is 11.5. The van der Waals surface area contributed by atoms with E-state index in [1.807, 2.05) is 0 Å². The van der Waals surface area contributed by atoms with Gasteiger partial charge in [-0.2, -0.15) is 0 Å². The van der Waals surface area contributed by atoms with Gasteiger partial charge in [0.1, 0.15) is 5.75 Å². The van der Waals surface area contributed by atoms with E-state index in [0.717, 1.165) is 12.1 Å². The maximum atomic E-state index is 13.1. The number of halogens is 2. The van der Waals surface area contributed by atoms with Gasteiger partial charge in [-0.05, 0) is 25.1 Å². The van der Waals surface area contributed by atoms with E-state index in [9.17, 15) is 18.4 Å². The van der Waals surface area contributed by atoms with Gasteiger partial charge in [-0.1, -0.05) is 18.2 Å². The summed E-state index contributed by atoms with van der Waals surface area (Å²) in [5, 5.41) is 2.35. The molecule has 0 heterocycles. The smallest absolute Gasteiger partial charge is 0.311 e. The Balaban J connectivity index is 1.93. The highest BCUT2D eigenvalue weighted by atomic mass is 19.2. The van der Waals surface area contributed by atoms with Crippen molar-refractivity contribution in [3.63, 3.8) is 0 Å². The molecule has 0 aromatic heterocycles. The van der Waals surface area contributed by atoms with Crippen molar-refractivity contribution in [2.75, 3.05) is 12.4 Å². The zero-order chi connectivity index (χ0) is 18.4. The van der Waals surface area contributed by atoms with Crippen LogP contribution in [0.1, 0.15) is 12.5 Å². The van der Waals surface area contributed by atoms with Gasteiger partial charge in [-0.25, -0.2) is 8.78 Å². The molecule has 0 saturated heterocycles. The van der Waals surface area contributed by atoms with Gasteiger partial charge >= 0.3 is 5.97 Å². The van der Waals surface area contributed by atoms with Crippen molar-refractivity contribution in [3.8, 4) is 5.75 Å². The molecule has 1 N–H and O–H groups in total. The van der Waals surface area contributed by atoms with Crippen molar-refractivity contribution in [1.82, 2.24) is 0 Å². The number of amides is 1. The molecule has 0 bridgehead atoms. The van der Waals surface area contributed by atoms with Crippen molar-refractivity contribution >= 4 is 17.6 Å². The number of nitrogens with one attached hydrogen (secondary N) is 1. The van der Waals surface area contributed by atoms with Crippen LogP contribution in [-0.2, 0) is 20.7 Å². The Morgan fingerprint density at radius 3 is 2.52 bits per heavy atom. The molecule has 25 heavy (non-hydrogen) atoms. The largest absolute Gasteiger partial charge is 0.496 e. The minimum absolute atomic E-state index is 0.0627. The molecule has 0 unspecified atom stereocenters. The number of hydrogen-bond donors (Lipinski definition) is 1. The number of hydrogen-bond acceptors (Lipinski definition) is 4. The Morgan fingerprint density at radius 1 is 1.12 bits per heavy atom. The second-order valence-electron chi connectivity index (χ2n) is 5.24. The van der Waals surface area contributed by atoms with Crippen LogP contribution in [-0.4, -0.2) is 25.1 Å². The van der Waals surface area contributed by atoms with Gasteiger partial charge < -0.3 is 14.8 Å². The zero-order valence-corrected chi connectivity index (χ0v) is 13.7. The quantitative estimate of drug-likeness (QED) is 0.814. The molecule has 0 aliphatic carbocycles. The lowest BCUT2D eigenvalue weighted by Crippen LogP contribution is -2.30. The molecule has 0 aliphatic rings. The number of benzene rings is 2. The number of para-hydroxylation sites is 1. The van der Waals surface area contributed by atoms with Crippen LogP contribution in [0.25, 0.3) is 0 Å². The molecule has 0 saturated carbocycles. The van der Waals surface area contributed by atoms with Gasteiger partial charge in [0.05, 0.1) is 13.5 Å². The summed E-state index contributed by atoms with van der Waals surface area (Å²) >= 11 is 0. The van der Waals surface area contributed by atoms with Crippen LogP contribution in [0.4, 0.5) is 14.5 Å². The molecule has 2 rings (SSSR count). The summed E-state index contributed by atoms with van der Waals surface area (Å²) in [7, 11) is 1.49. The number of ether oxygens (including phenoxy) is 2. The van der Waals surface area contributed by atoms with E-state index in [2.05, 4.69) is 5.32 Å². The first-order chi connectivity index (χ1) is 11.9. The summed E-state index contributed by atoms with van der Waals surface area (Å²) in [6.07, 6.45) is -1.16. The third-order valence-electron chi connectivity index (χ3n) is 3.39. The van der Waals surface area contributed by atoms with E-state index in [-0.39, 0.29) is 12.1 Å². The summed E-state index contributed by atoms with van der Waals surface area (Å²) in [4.78, 5) is 24.0. The van der Waals surface area contributed by atoms with Crippen molar-refractivity contribution in [2.45, 2.75) is 19.4 Å². The highest BCUT2D eigenvalue weighted by Gasteiger charge is 2.19. The fraction of sp³-hybridized carbons (Fsp3) is 0.222. The maximum Gasteiger partial charge on any atom is 0.311 e. The van der Waals surface area contributed by atoms with Crippen LogP contribution >= 0.6 is 0 Å². The molecule has 132 valence electrons. The average molecular weight is 349 g/mol. The monoisotopic (exact) mass is 349 g/mol. The van der Waals surface area contributed by atoms with Crippen LogP contribution < -0.4 is 10.1 Å². The second-order valence-corrected chi connectivity index (χ2v) is 5.24. The number of esters is 1. The molecule has 1 amide bonds. The highest BCUT2D eigenvalue weighted by molar-refractivity contribution is 5.95. The predicted molar refractivity (Wildman–Crippen MR) is 87.2 cm³/mol. The van der Waals surface area contributed by atoms with E-state index in [1.54, 1.807) is 24.3 Å². The lowest BCUT2D eigenvalue weighted by Gasteiger charge is -2.14. The molecule has 0 aliphatic heterocycles. The highest BCUT2D eigenvalue weighted by Crippen LogP contribution is 2.18. The zero-order valence-electron chi connectivity index (χ0n) is 13.7. The number of rotatable bonds is 6. The number of carbonyl (C=O) groups is 2. The Morgan fingerprint density at radius 2 is 1.84 bits per heavy atom.